The Hall–Kier alpha value is -1.68. The van der Waals surface area contributed by atoms with Gasteiger partial charge in [-0.1, -0.05) is 6.07 Å². The van der Waals surface area contributed by atoms with Crippen molar-refractivity contribution in [3.63, 3.8) is 0 Å². The Morgan fingerprint density at radius 2 is 2.00 bits per heavy atom. The van der Waals surface area contributed by atoms with Gasteiger partial charge in [-0.3, -0.25) is 0 Å². The van der Waals surface area contributed by atoms with E-state index in [2.05, 4.69) is 20.9 Å². The lowest BCUT2D eigenvalue weighted by Gasteiger charge is -2.01. The van der Waals surface area contributed by atoms with Crippen LogP contribution in [0.1, 0.15) is 11.1 Å². The molecule has 96 valence electrons. The first kappa shape index (κ1) is 12.4. The standard InChI is InChI=1S/C15H11BrFNO/c1-8-6-12-14(13(16)9(8)2)19-15(18-12)10-4-3-5-11(17)7-10/h3-7H,1-2H3. The number of hydrogen-bond acceptors (Lipinski definition) is 2. The van der Waals surface area contributed by atoms with Crippen molar-refractivity contribution >= 4 is 27.0 Å². The van der Waals surface area contributed by atoms with Crippen LogP contribution >= 0.6 is 15.9 Å². The molecule has 0 aliphatic rings. The van der Waals surface area contributed by atoms with Gasteiger partial charge in [-0.15, -0.1) is 0 Å². The maximum atomic E-state index is 13.2. The molecule has 0 saturated heterocycles. The molecule has 1 heterocycles. The van der Waals surface area contributed by atoms with Gasteiger partial charge in [-0.05, 0) is 65.2 Å². The molecule has 3 rings (SSSR count). The third-order valence-corrected chi connectivity index (χ3v) is 4.15. The molecule has 2 nitrogen and oxygen atoms in total. The molecule has 0 aliphatic heterocycles. The van der Waals surface area contributed by atoms with Gasteiger partial charge in [0.25, 0.3) is 0 Å². The van der Waals surface area contributed by atoms with E-state index in [0.29, 0.717) is 17.0 Å². The van der Waals surface area contributed by atoms with Gasteiger partial charge in [-0.25, -0.2) is 9.37 Å². The fraction of sp³-hybridized carbons (Fsp3) is 0.133. The van der Waals surface area contributed by atoms with Crippen LogP contribution in [0.5, 0.6) is 0 Å². The summed E-state index contributed by atoms with van der Waals surface area (Å²) in [4.78, 5) is 4.42. The number of fused-ring (bicyclic) bond motifs is 1. The number of hydrogen-bond donors (Lipinski definition) is 0. The Bertz CT molecular complexity index is 779. The SMILES string of the molecule is Cc1cc2nc(-c3cccc(F)c3)oc2c(Br)c1C. The average Bonchev–Trinajstić information content (AvgIpc) is 2.80. The Balaban J connectivity index is 2.25. The van der Waals surface area contributed by atoms with Crippen molar-refractivity contribution in [2.75, 3.05) is 0 Å². The predicted molar refractivity (Wildman–Crippen MR) is 76.6 cm³/mol. The van der Waals surface area contributed by atoms with Crippen molar-refractivity contribution < 1.29 is 8.81 Å². The highest BCUT2D eigenvalue weighted by Gasteiger charge is 2.14. The highest BCUT2D eigenvalue weighted by Crippen LogP contribution is 2.33. The largest absolute Gasteiger partial charge is 0.435 e. The van der Waals surface area contributed by atoms with E-state index in [1.54, 1.807) is 12.1 Å². The lowest BCUT2D eigenvalue weighted by Crippen LogP contribution is -1.83. The van der Waals surface area contributed by atoms with Crippen LogP contribution in [0.4, 0.5) is 4.39 Å². The van der Waals surface area contributed by atoms with Crippen LogP contribution < -0.4 is 0 Å². The van der Waals surface area contributed by atoms with Gasteiger partial charge in [-0.2, -0.15) is 0 Å². The van der Waals surface area contributed by atoms with Gasteiger partial charge in [0.15, 0.2) is 5.58 Å². The van der Waals surface area contributed by atoms with E-state index in [1.165, 1.54) is 12.1 Å². The van der Waals surface area contributed by atoms with E-state index in [4.69, 9.17) is 4.42 Å². The van der Waals surface area contributed by atoms with E-state index >= 15 is 0 Å². The number of rotatable bonds is 1. The summed E-state index contributed by atoms with van der Waals surface area (Å²) in [6.07, 6.45) is 0. The van der Waals surface area contributed by atoms with E-state index in [0.717, 1.165) is 21.1 Å². The zero-order valence-corrected chi connectivity index (χ0v) is 12.1. The molecule has 0 unspecified atom stereocenters. The highest BCUT2D eigenvalue weighted by molar-refractivity contribution is 9.10. The molecule has 0 saturated carbocycles. The van der Waals surface area contributed by atoms with E-state index in [1.807, 2.05) is 19.9 Å². The predicted octanol–water partition coefficient (Wildman–Crippen LogP) is 5.01. The minimum Gasteiger partial charge on any atom is -0.435 e. The minimum atomic E-state index is -0.300. The molecule has 0 aliphatic carbocycles. The second-order valence-electron chi connectivity index (χ2n) is 4.51. The second kappa shape index (κ2) is 4.46. The molecule has 0 amide bonds. The number of halogens is 2. The van der Waals surface area contributed by atoms with Crippen molar-refractivity contribution in [1.29, 1.82) is 0 Å². The first-order valence-electron chi connectivity index (χ1n) is 5.88. The molecule has 1 aromatic heterocycles. The monoisotopic (exact) mass is 319 g/mol. The number of benzene rings is 2. The summed E-state index contributed by atoms with van der Waals surface area (Å²) in [6, 6.07) is 8.21. The molecule has 4 heteroatoms. The van der Waals surface area contributed by atoms with Gasteiger partial charge in [0, 0.05) is 5.56 Å². The van der Waals surface area contributed by atoms with Crippen LogP contribution in [0.15, 0.2) is 39.2 Å². The van der Waals surface area contributed by atoms with Crippen LogP contribution in [-0.4, -0.2) is 4.98 Å². The summed E-state index contributed by atoms with van der Waals surface area (Å²) < 4.78 is 19.9. The molecule has 0 spiro atoms. The average molecular weight is 320 g/mol. The maximum Gasteiger partial charge on any atom is 0.227 e. The fourth-order valence-electron chi connectivity index (χ4n) is 1.99. The Morgan fingerprint density at radius 1 is 1.21 bits per heavy atom. The number of aryl methyl sites for hydroxylation is 1. The molecule has 0 fully saturated rings. The van der Waals surface area contributed by atoms with Gasteiger partial charge < -0.3 is 4.42 Å². The summed E-state index contributed by atoms with van der Waals surface area (Å²) in [5.74, 6) is 0.131. The van der Waals surface area contributed by atoms with Gasteiger partial charge in [0.1, 0.15) is 11.3 Å². The minimum absolute atomic E-state index is 0.300. The first-order chi connectivity index (χ1) is 9.06. The van der Waals surface area contributed by atoms with Crippen molar-refractivity contribution in [3.05, 3.63) is 51.7 Å². The summed E-state index contributed by atoms with van der Waals surface area (Å²) >= 11 is 3.52. The maximum absolute atomic E-state index is 13.2. The molecule has 0 bridgehead atoms. The fourth-order valence-corrected chi connectivity index (χ4v) is 2.59. The van der Waals surface area contributed by atoms with E-state index in [9.17, 15) is 4.39 Å². The van der Waals surface area contributed by atoms with Gasteiger partial charge in [0.2, 0.25) is 5.89 Å². The number of aromatic nitrogens is 1. The Morgan fingerprint density at radius 3 is 2.74 bits per heavy atom. The summed E-state index contributed by atoms with van der Waals surface area (Å²) in [5, 5.41) is 0. The van der Waals surface area contributed by atoms with Crippen LogP contribution in [-0.2, 0) is 0 Å². The Kier molecular flexibility index (Phi) is 2.90. The molecule has 3 aromatic rings. The Labute approximate surface area is 118 Å². The van der Waals surface area contributed by atoms with Crippen molar-refractivity contribution in [1.82, 2.24) is 4.98 Å². The summed E-state index contributed by atoms with van der Waals surface area (Å²) in [6.45, 7) is 4.04. The first-order valence-corrected chi connectivity index (χ1v) is 6.68. The van der Waals surface area contributed by atoms with Crippen molar-refractivity contribution in [2.24, 2.45) is 0 Å². The normalized spacial score (nSPS) is 11.2. The highest BCUT2D eigenvalue weighted by atomic mass is 79.9. The van der Waals surface area contributed by atoms with Crippen LogP contribution in [0.2, 0.25) is 0 Å². The molecule has 2 aromatic carbocycles. The van der Waals surface area contributed by atoms with Crippen molar-refractivity contribution in [3.8, 4) is 11.5 Å². The van der Waals surface area contributed by atoms with Crippen molar-refractivity contribution in [2.45, 2.75) is 13.8 Å². The van der Waals surface area contributed by atoms with E-state index < -0.39 is 0 Å². The van der Waals surface area contributed by atoms with Gasteiger partial charge in [0.05, 0.1) is 4.47 Å². The molecule has 0 radical (unpaired) electrons. The molecule has 0 N–H and O–H groups in total. The second-order valence-corrected chi connectivity index (χ2v) is 5.30. The molecule has 0 atom stereocenters. The van der Waals surface area contributed by atoms with Gasteiger partial charge >= 0.3 is 0 Å². The zero-order valence-electron chi connectivity index (χ0n) is 10.5. The summed E-state index contributed by atoms with van der Waals surface area (Å²) in [5.41, 5.74) is 4.36. The third kappa shape index (κ3) is 2.06. The third-order valence-electron chi connectivity index (χ3n) is 3.20. The molecule has 19 heavy (non-hydrogen) atoms. The topological polar surface area (TPSA) is 26.0 Å². The van der Waals surface area contributed by atoms with Crippen LogP contribution in [0, 0.1) is 19.7 Å². The van der Waals surface area contributed by atoms with E-state index in [-0.39, 0.29) is 5.82 Å². The zero-order chi connectivity index (χ0) is 13.6. The number of nitrogens with zero attached hydrogens (tertiary/aromatic N) is 1. The van der Waals surface area contributed by atoms with Crippen LogP contribution in [0.25, 0.3) is 22.6 Å². The quantitative estimate of drug-likeness (QED) is 0.630. The molecular formula is C15H11BrFNO. The van der Waals surface area contributed by atoms with Crippen LogP contribution in [0.3, 0.4) is 0 Å². The smallest absolute Gasteiger partial charge is 0.227 e. The lowest BCUT2D eigenvalue weighted by molar-refractivity contribution is 0.609. The lowest BCUT2D eigenvalue weighted by atomic mass is 10.1. The summed E-state index contributed by atoms with van der Waals surface area (Å²) in [7, 11) is 0. The molecular weight excluding hydrogens is 309 g/mol. The number of oxazole rings is 1.